The number of rotatable bonds is 2. The lowest BCUT2D eigenvalue weighted by atomic mass is 10.1. The topological polar surface area (TPSA) is 0 Å². The van der Waals surface area contributed by atoms with Crippen molar-refractivity contribution in [2.24, 2.45) is 0 Å². The minimum absolute atomic E-state index is 0. The van der Waals surface area contributed by atoms with E-state index in [9.17, 15) is 0 Å². The zero-order valence-electron chi connectivity index (χ0n) is 6.10. The van der Waals surface area contributed by atoms with Gasteiger partial charge in [0.2, 0.25) is 0 Å². The number of hydrogen-bond acceptors (Lipinski definition) is 0. The molecule has 0 amide bonds. The first-order chi connectivity index (χ1) is 4.84. The minimum Gasteiger partial charge on any atom is -0.0840 e. The van der Waals surface area contributed by atoms with Crippen molar-refractivity contribution in [3.05, 3.63) is 34.9 Å². The van der Waals surface area contributed by atoms with Gasteiger partial charge in [-0.2, -0.15) is 0 Å². The third kappa shape index (κ3) is 2.94. The number of halogens is 1. The van der Waals surface area contributed by atoms with Crippen LogP contribution in [0.3, 0.4) is 0 Å². The number of aryl methyl sites for hydroxylation is 1. The highest BCUT2D eigenvalue weighted by Gasteiger charge is 1.94. The Morgan fingerprint density at radius 1 is 1.27 bits per heavy atom. The highest BCUT2D eigenvalue weighted by molar-refractivity contribution is 6.31. The van der Waals surface area contributed by atoms with Crippen LogP contribution in [0, 0.1) is 0 Å². The molecule has 0 aliphatic heterocycles. The van der Waals surface area contributed by atoms with Gasteiger partial charge in [0.05, 0.1) is 0 Å². The maximum atomic E-state index is 5.90. The van der Waals surface area contributed by atoms with E-state index >= 15 is 0 Å². The van der Waals surface area contributed by atoms with E-state index in [2.05, 4.69) is 13.0 Å². The number of benzene rings is 1. The van der Waals surface area contributed by atoms with Crippen molar-refractivity contribution in [3.63, 3.8) is 0 Å². The molecule has 0 radical (unpaired) electrons. The Balaban J connectivity index is 0.000001000. The van der Waals surface area contributed by atoms with Crippen molar-refractivity contribution in [2.45, 2.75) is 27.2 Å². The van der Waals surface area contributed by atoms with Gasteiger partial charge in [-0.3, -0.25) is 0 Å². The first-order valence-electron chi connectivity index (χ1n) is 3.58. The van der Waals surface area contributed by atoms with Crippen LogP contribution < -0.4 is 0 Å². The van der Waals surface area contributed by atoms with Crippen LogP contribution in [0.25, 0.3) is 0 Å². The van der Waals surface area contributed by atoms with Gasteiger partial charge in [-0.1, -0.05) is 50.6 Å². The van der Waals surface area contributed by atoms with E-state index in [1.165, 1.54) is 5.56 Å². The van der Waals surface area contributed by atoms with E-state index in [1.807, 2.05) is 18.2 Å². The molecule has 0 saturated carbocycles. The summed E-state index contributed by atoms with van der Waals surface area (Å²) in [6, 6.07) is 8.00. The largest absolute Gasteiger partial charge is 0.0840 e. The molecule has 1 aromatic rings. The molecule has 1 rings (SSSR count). The Bertz CT molecular complexity index is 206. The molecule has 0 spiro atoms. The molecule has 0 unspecified atom stereocenters. The van der Waals surface area contributed by atoms with Gasteiger partial charge in [-0.15, -0.1) is 0 Å². The lowest BCUT2D eigenvalue weighted by Crippen LogP contribution is -1.82. The second-order valence-corrected chi connectivity index (χ2v) is 2.75. The van der Waals surface area contributed by atoms with Crippen LogP contribution in [0.5, 0.6) is 0 Å². The summed E-state index contributed by atoms with van der Waals surface area (Å²) >= 11 is 5.90. The average Bonchev–Trinajstić information content (AvgIpc) is 1.94. The Kier molecular flexibility index (Phi) is 4.97. The Hall–Kier alpha value is -0.490. The van der Waals surface area contributed by atoms with Crippen molar-refractivity contribution in [1.82, 2.24) is 0 Å². The van der Waals surface area contributed by atoms with Gasteiger partial charge >= 0.3 is 0 Å². The predicted molar refractivity (Wildman–Crippen MR) is 52.2 cm³/mol. The quantitative estimate of drug-likeness (QED) is 0.631. The average molecular weight is 171 g/mol. The van der Waals surface area contributed by atoms with Gasteiger partial charge in [0.25, 0.3) is 0 Å². The highest BCUT2D eigenvalue weighted by atomic mass is 35.5. The minimum atomic E-state index is 0. The molecule has 0 aliphatic rings. The van der Waals surface area contributed by atoms with E-state index in [4.69, 9.17) is 11.6 Å². The third-order valence-electron chi connectivity index (χ3n) is 1.48. The fraction of sp³-hybridized carbons (Fsp3) is 0.400. The monoisotopic (exact) mass is 170 g/mol. The molecule has 0 heterocycles. The van der Waals surface area contributed by atoms with Crippen LogP contribution in [0.1, 0.15) is 26.3 Å². The van der Waals surface area contributed by atoms with Crippen molar-refractivity contribution < 1.29 is 0 Å². The van der Waals surface area contributed by atoms with Gasteiger partial charge in [-0.25, -0.2) is 0 Å². The molecule has 0 N–H and O–H groups in total. The van der Waals surface area contributed by atoms with Crippen LogP contribution in [0.2, 0.25) is 5.02 Å². The molecular formula is C10H15Cl. The summed E-state index contributed by atoms with van der Waals surface area (Å²) in [4.78, 5) is 0. The predicted octanol–water partition coefficient (Wildman–Crippen LogP) is 3.93. The first-order valence-corrected chi connectivity index (χ1v) is 3.95. The zero-order valence-corrected chi connectivity index (χ0v) is 6.86. The Labute approximate surface area is 74.2 Å². The lowest BCUT2D eigenvalue weighted by Gasteiger charge is -1.99. The lowest BCUT2D eigenvalue weighted by molar-refractivity contribution is 0.922. The van der Waals surface area contributed by atoms with Gasteiger partial charge in [0.15, 0.2) is 0 Å². The summed E-state index contributed by atoms with van der Waals surface area (Å²) in [6.07, 6.45) is 2.24. The molecule has 0 nitrogen and oxygen atoms in total. The van der Waals surface area contributed by atoms with Crippen LogP contribution in [0.15, 0.2) is 24.3 Å². The van der Waals surface area contributed by atoms with Crippen LogP contribution in [-0.4, -0.2) is 0 Å². The van der Waals surface area contributed by atoms with Gasteiger partial charge in [0.1, 0.15) is 0 Å². The second-order valence-electron chi connectivity index (χ2n) is 2.34. The maximum absolute atomic E-state index is 5.90. The molecule has 0 aromatic heterocycles. The van der Waals surface area contributed by atoms with Crippen LogP contribution in [0.4, 0.5) is 0 Å². The second kappa shape index (κ2) is 5.20. The normalized spacial score (nSPS) is 8.91. The molecule has 11 heavy (non-hydrogen) atoms. The van der Waals surface area contributed by atoms with E-state index in [-0.39, 0.29) is 7.43 Å². The highest BCUT2D eigenvalue weighted by Crippen LogP contribution is 2.15. The molecule has 1 aromatic carbocycles. The molecule has 62 valence electrons. The van der Waals surface area contributed by atoms with Crippen molar-refractivity contribution in [2.75, 3.05) is 0 Å². The molecular weight excluding hydrogens is 156 g/mol. The van der Waals surface area contributed by atoms with E-state index in [0.717, 1.165) is 17.9 Å². The Morgan fingerprint density at radius 2 is 1.91 bits per heavy atom. The summed E-state index contributed by atoms with van der Waals surface area (Å²) in [5.74, 6) is 0. The maximum Gasteiger partial charge on any atom is 0.0437 e. The van der Waals surface area contributed by atoms with E-state index in [1.54, 1.807) is 0 Å². The fourth-order valence-corrected chi connectivity index (χ4v) is 1.20. The summed E-state index contributed by atoms with van der Waals surface area (Å²) < 4.78 is 0. The van der Waals surface area contributed by atoms with E-state index < -0.39 is 0 Å². The smallest absolute Gasteiger partial charge is 0.0437 e. The zero-order chi connectivity index (χ0) is 7.40. The Morgan fingerprint density at radius 3 is 2.45 bits per heavy atom. The number of hydrogen-bond donors (Lipinski definition) is 0. The molecule has 0 fully saturated rings. The molecule has 0 atom stereocenters. The molecule has 1 heteroatoms. The van der Waals surface area contributed by atoms with Crippen molar-refractivity contribution >= 4 is 11.6 Å². The summed E-state index contributed by atoms with van der Waals surface area (Å²) in [5, 5.41) is 0.893. The molecule has 0 saturated heterocycles. The summed E-state index contributed by atoms with van der Waals surface area (Å²) in [5.41, 5.74) is 1.26. The molecule has 0 aliphatic carbocycles. The standard InChI is InChI=1S/C9H11Cl.CH4/c1-2-5-8-6-3-4-7-9(8)10;/h3-4,6-7H,2,5H2,1H3;1H4. The van der Waals surface area contributed by atoms with Crippen molar-refractivity contribution in [1.29, 1.82) is 0 Å². The summed E-state index contributed by atoms with van der Waals surface area (Å²) in [7, 11) is 0. The van der Waals surface area contributed by atoms with Crippen molar-refractivity contribution in [3.8, 4) is 0 Å². The third-order valence-corrected chi connectivity index (χ3v) is 1.85. The summed E-state index contributed by atoms with van der Waals surface area (Å²) in [6.45, 7) is 2.16. The van der Waals surface area contributed by atoms with Crippen LogP contribution >= 0.6 is 11.6 Å². The van der Waals surface area contributed by atoms with E-state index in [0.29, 0.717) is 0 Å². The first kappa shape index (κ1) is 10.5. The van der Waals surface area contributed by atoms with Gasteiger partial charge in [0, 0.05) is 5.02 Å². The molecule has 0 bridgehead atoms. The van der Waals surface area contributed by atoms with Crippen LogP contribution in [-0.2, 0) is 6.42 Å². The van der Waals surface area contributed by atoms with Gasteiger partial charge in [-0.05, 0) is 18.1 Å². The SMILES string of the molecule is C.CCCc1ccccc1Cl. The fourth-order valence-electron chi connectivity index (χ4n) is 0.970. The van der Waals surface area contributed by atoms with Gasteiger partial charge < -0.3 is 0 Å².